The van der Waals surface area contributed by atoms with Crippen molar-refractivity contribution >= 4 is 11.8 Å². The molecule has 0 heterocycles. The van der Waals surface area contributed by atoms with Gasteiger partial charge in [0.05, 0.1) is 0 Å². The van der Waals surface area contributed by atoms with Gasteiger partial charge in [-0.2, -0.15) is 11.8 Å². The summed E-state index contributed by atoms with van der Waals surface area (Å²) in [5.74, 6) is 7.32. The first-order valence-corrected chi connectivity index (χ1v) is 5.69. The predicted molar refractivity (Wildman–Crippen MR) is 54.9 cm³/mol. The molecule has 0 aliphatic rings. The zero-order valence-electron chi connectivity index (χ0n) is 7.65. The monoisotopic (exact) mass is 170 g/mol. The molecule has 0 saturated heterocycles. The lowest BCUT2D eigenvalue weighted by atomic mass is 10.2. The van der Waals surface area contributed by atoms with Gasteiger partial charge in [0.15, 0.2) is 0 Å². The highest BCUT2D eigenvalue weighted by atomic mass is 32.2. The summed E-state index contributed by atoms with van der Waals surface area (Å²) in [5, 5.41) is 0. The van der Waals surface area contributed by atoms with Crippen LogP contribution in [0.15, 0.2) is 0 Å². The molecule has 0 radical (unpaired) electrons. The Hall–Kier alpha value is -0.0900. The van der Waals surface area contributed by atoms with Crippen LogP contribution >= 0.6 is 11.8 Å². The first-order valence-electron chi connectivity index (χ1n) is 4.30. The fraction of sp³-hybridized carbons (Fsp3) is 0.800. The molecule has 0 fully saturated rings. The molecule has 0 unspecified atom stereocenters. The van der Waals surface area contributed by atoms with Crippen molar-refractivity contribution < 1.29 is 0 Å². The van der Waals surface area contributed by atoms with E-state index >= 15 is 0 Å². The molecule has 11 heavy (non-hydrogen) atoms. The van der Waals surface area contributed by atoms with Crippen molar-refractivity contribution in [2.75, 3.05) is 12.0 Å². The molecule has 0 spiro atoms. The minimum atomic E-state index is 1.09. The van der Waals surface area contributed by atoms with Gasteiger partial charge < -0.3 is 0 Å². The topological polar surface area (TPSA) is 0 Å². The van der Waals surface area contributed by atoms with Crippen LogP contribution in [0, 0.1) is 11.8 Å². The van der Waals surface area contributed by atoms with E-state index < -0.39 is 0 Å². The highest BCUT2D eigenvalue weighted by Gasteiger charge is 1.87. The van der Waals surface area contributed by atoms with E-state index in [9.17, 15) is 0 Å². The average Bonchev–Trinajstić information content (AvgIpc) is 2.03. The van der Waals surface area contributed by atoms with Crippen molar-refractivity contribution in [3.8, 4) is 11.8 Å². The lowest BCUT2D eigenvalue weighted by molar-refractivity contribution is 0.683. The molecule has 0 atom stereocenters. The van der Waals surface area contributed by atoms with Crippen LogP contribution in [0.1, 0.15) is 39.0 Å². The fourth-order valence-electron chi connectivity index (χ4n) is 0.938. The van der Waals surface area contributed by atoms with Gasteiger partial charge in [-0.1, -0.05) is 12.8 Å². The molecule has 0 rings (SSSR count). The van der Waals surface area contributed by atoms with Gasteiger partial charge in [-0.15, -0.1) is 11.8 Å². The van der Waals surface area contributed by atoms with Crippen molar-refractivity contribution in [2.24, 2.45) is 0 Å². The zero-order chi connectivity index (χ0) is 8.36. The molecule has 0 bridgehead atoms. The fourth-order valence-corrected chi connectivity index (χ4v) is 1.43. The van der Waals surface area contributed by atoms with Crippen molar-refractivity contribution in [2.45, 2.75) is 39.0 Å². The van der Waals surface area contributed by atoms with E-state index in [0.717, 1.165) is 6.42 Å². The summed E-state index contributed by atoms with van der Waals surface area (Å²) in [7, 11) is 0. The minimum absolute atomic E-state index is 1.09. The van der Waals surface area contributed by atoms with E-state index in [1.54, 1.807) is 0 Å². The maximum atomic E-state index is 3.08. The van der Waals surface area contributed by atoms with Gasteiger partial charge in [-0.05, 0) is 31.8 Å². The first-order chi connectivity index (χ1) is 5.41. The summed E-state index contributed by atoms with van der Waals surface area (Å²) in [5.41, 5.74) is 0. The SMILES string of the molecule is CC#CCCCCCCSC. The van der Waals surface area contributed by atoms with Gasteiger partial charge in [-0.25, -0.2) is 0 Å². The number of rotatable bonds is 6. The quantitative estimate of drug-likeness (QED) is 0.435. The second kappa shape index (κ2) is 9.91. The van der Waals surface area contributed by atoms with E-state index in [-0.39, 0.29) is 0 Å². The molecular formula is C10H18S. The van der Waals surface area contributed by atoms with Crippen molar-refractivity contribution in [3.63, 3.8) is 0 Å². The van der Waals surface area contributed by atoms with Gasteiger partial charge in [0.2, 0.25) is 0 Å². The summed E-state index contributed by atoms with van der Waals surface area (Å²) in [6.45, 7) is 1.91. The van der Waals surface area contributed by atoms with Gasteiger partial charge in [0, 0.05) is 6.42 Å². The van der Waals surface area contributed by atoms with Crippen LogP contribution in [-0.2, 0) is 0 Å². The first kappa shape index (κ1) is 10.9. The van der Waals surface area contributed by atoms with E-state index in [2.05, 4.69) is 18.1 Å². The van der Waals surface area contributed by atoms with Crippen molar-refractivity contribution in [3.05, 3.63) is 0 Å². The standard InChI is InChI=1S/C10H18S/c1-3-4-5-6-7-8-9-10-11-2/h5-10H2,1-2H3. The molecule has 0 saturated carbocycles. The highest BCUT2D eigenvalue weighted by Crippen LogP contribution is 2.05. The molecule has 1 heteroatoms. The zero-order valence-corrected chi connectivity index (χ0v) is 8.47. The Balaban J connectivity index is 2.83. The molecule has 0 aromatic heterocycles. The molecular weight excluding hydrogens is 152 g/mol. The third-order valence-electron chi connectivity index (χ3n) is 1.58. The molecule has 0 amide bonds. The van der Waals surface area contributed by atoms with Crippen LogP contribution in [0.4, 0.5) is 0 Å². The van der Waals surface area contributed by atoms with Crippen molar-refractivity contribution in [1.29, 1.82) is 0 Å². The van der Waals surface area contributed by atoms with Gasteiger partial charge in [0.1, 0.15) is 0 Å². The second-order valence-electron chi connectivity index (χ2n) is 2.58. The summed E-state index contributed by atoms with van der Waals surface area (Å²) in [6, 6.07) is 0. The van der Waals surface area contributed by atoms with Crippen LogP contribution < -0.4 is 0 Å². The molecule has 64 valence electrons. The Kier molecular flexibility index (Phi) is 9.83. The molecule has 0 nitrogen and oxygen atoms in total. The van der Waals surface area contributed by atoms with Crippen molar-refractivity contribution in [1.82, 2.24) is 0 Å². The number of hydrogen-bond donors (Lipinski definition) is 0. The summed E-state index contributed by atoms with van der Waals surface area (Å²) in [4.78, 5) is 0. The van der Waals surface area contributed by atoms with Crippen LogP contribution in [0.25, 0.3) is 0 Å². The highest BCUT2D eigenvalue weighted by molar-refractivity contribution is 7.98. The third kappa shape index (κ3) is 9.91. The summed E-state index contributed by atoms with van der Waals surface area (Å²) < 4.78 is 0. The lowest BCUT2D eigenvalue weighted by Crippen LogP contribution is -1.80. The van der Waals surface area contributed by atoms with Gasteiger partial charge in [-0.3, -0.25) is 0 Å². The molecule has 0 aromatic rings. The lowest BCUT2D eigenvalue weighted by Gasteiger charge is -1.96. The van der Waals surface area contributed by atoms with E-state index in [1.807, 2.05) is 18.7 Å². The Bertz CT molecular complexity index is 119. The largest absolute Gasteiger partial charge is 0.165 e. The summed E-state index contributed by atoms with van der Waals surface area (Å²) >= 11 is 1.94. The maximum Gasteiger partial charge on any atom is 0.00885 e. The molecule has 0 aliphatic heterocycles. The van der Waals surface area contributed by atoms with Crippen LogP contribution in [0.5, 0.6) is 0 Å². The maximum absolute atomic E-state index is 3.08. The average molecular weight is 170 g/mol. The van der Waals surface area contributed by atoms with Gasteiger partial charge in [0.25, 0.3) is 0 Å². The molecule has 0 aromatic carbocycles. The smallest absolute Gasteiger partial charge is 0.00885 e. The minimum Gasteiger partial charge on any atom is -0.165 e. The normalized spacial score (nSPS) is 8.91. The van der Waals surface area contributed by atoms with Crippen LogP contribution in [0.2, 0.25) is 0 Å². The van der Waals surface area contributed by atoms with E-state index in [0.29, 0.717) is 0 Å². The number of thioether (sulfide) groups is 1. The second-order valence-corrected chi connectivity index (χ2v) is 3.57. The Morgan fingerprint density at radius 2 is 1.82 bits per heavy atom. The van der Waals surface area contributed by atoms with Crippen LogP contribution in [0.3, 0.4) is 0 Å². The Labute approximate surface area is 75.1 Å². The molecule has 0 N–H and O–H groups in total. The predicted octanol–water partition coefficient (Wildman–Crippen LogP) is 3.32. The van der Waals surface area contributed by atoms with Gasteiger partial charge >= 0.3 is 0 Å². The van der Waals surface area contributed by atoms with E-state index in [4.69, 9.17) is 0 Å². The Morgan fingerprint density at radius 1 is 1.09 bits per heavy atom. The molecule has 0 aliphatic carbocycles. The number of hydrogen-bond acceptors (Lipinski definition) is 1. The number of unbranched alkanes of at least 4 members (excludes halogenated alkanes) is 4. The summed E-state index contributed by atoms with van der Waals surface area (Å²) in [6.07, 6.45) is 8.66. The van der Waals surface area contributed by atoms with E-state index in [1.165, 1.54) is 31.4 Å². The van der Waals surface area contributed by atoms with Crippen LogP contribution in [-0.4, -0.2) is 12.0 Å². The Morgan fingerprint density at radius 3 is 2.45 bits per heavy atom. The third-order valence-corrected chi connectivity index (χ3v) is 2.27.